The number of rotatable bonds is 2. The molecule has 0 spiro atoms. The molecule has 2 rings (SSSR count). The van der Waals surface area contributed by atoms with Gasteiger partial charge in [0.2, 0.25) is 0 Å². The molecule has 0 heterocycles. The lowest BCUT2D eigenvalue weighted by molar-refractivity contribution is 1.46. The standard InChI is InChI=1S/C12H12ClN/c1-9-2-3-11-7-12(14-8-13)5-4-10(11)6-9/h2-7,14H,8H2,1H3. The van der Waals surface area contributed by atoms with Crippen molar-refractivity contribution < 1.29 is 0 Å². The molecule has 0 aliphatic rings. The van der Waals surface area contributed by atoms with Crippen molar-refractivity contribution in [1.82, 2.24) is 0 Å². The maximum Gasteiger partial charge on any atom is 0.0901 e. The summed E-state index contributed by atoms with van der Waals surface area (Å²) in [6.45, 7) is 2.10. The van der Waals surface area contributed by atoms with Gasteiger partial charge in [0.05, 0.1) is 6.00 Å². The van der Waals surface area contributed by atoms with Gasteiger partial charge in [-0.3, -0.25) is 0 Å². The summed E-state index contributed by atoms with van der Waals surface area (Å²) in [5.74, 6) is 0. The highest BCUT2D eigenvalue weighted by molar-refractivity contribution is 6.18. The van der Waals surface area contributed by atoms with E-state index in [1.807, 2.05) is 6.07 Å². The molecule has 0 aromatic heterocycles. The number of halogens is 1. The molecule has 0 fully saturated rings. The Kier molecular flexibility index (Phi) is 2.60. The minimum absolute atomic E-state index is 0.442. The third-order valence-corrected chi connectivity index (χ3v) is 2.40. The molecule has 2 heteroatoms. The number of anilines is 1. The van der Waals surface area contributed by atoms with E-state index in [0.717, 1.165) is 5.69 Å². The maximum atomic E-state index is 5.60. The van der Waals surface area contributed by atoms with Crippen LogP contribution in [0.1, 0.15) is 5.56 Å². The van der Waals surface area contributed by atoms with Crippen molar-refractivity contribution in [2.24, 2.45) is 0 Å². The Morgan fingerprint density at radius 3 is 2.57 bits per heavy atom. The van der Waals surface area contributed by atoms with Crippen LogP contribution >= 0.6 is 11.6 Å². The van der Waals surface area contributed by atoms with Gasteiger partial charge in [0.1, 0.15) is 0 Å². The lowest BCUT2D eigenvalue weighted by Crippen LogP contribution is -1.93. The summed E-state index contributed by atoms with van der Waals surface area (Å²) in [7, 11) is 0. The average molecular weight is 206 g/mol. The van der Waals surface area contributed by atoms with Crippen LogP contribution < -0.4 is 5.32 Å². The van der Waals surface area contributed by atoms with Gasteiger partial charge in [-0.1, -0.05) is 29.8 Å². The fourth-order valence-corrected chi connectivity index (χ4v) is 1.71. The van der Waals surface area contributed by atoms with E-state index in [1.54, 1.807) is 0 Å². The first kappa shape index (κ1) is 9.35. The van der Waals surface area contributed by atoms with E-state index >= 15 is 0 Å². The Balaban J connectivity index is 2.50. The number of aryl methyl sites for hydroxylation is 1. The van der Waals surface area contributed by atoms with Crippen LogP contribution in [0.5, 0.6) is 0 Å². The van der Waals surface area contributed by atoms with E-state index in [-0.39, 0.29) is 0 Å². The molecule has 14 heavy (non-hydrogen) atoms. The van der Waals surface area contributed by atoms with E-state index in [9.17, 15) is 0 Å². The van der Waals surface area contributed by atoms with Crippen molar-refractivity contribution in [3.05, 3.63) is 42.0 Å². The molecule has 1 N–H and O–H groups in total. The highest BCUT2D eigenvalue weighted by Crippen LogP contribution is 2.20. The molecule has 72 valence electrons. The summed E-state index contributed by atoms with van der Waals surface area (Å²) in [6.07, 6.45) is 0. The summed E-state index contributed by atoms with van der Waals surface area (Å²) in [4.78, 5) is 0. The minimum atomic E-state index is 0.442. The molecule has 0 amide bonds. The van der Waals surface area contributed by atoms with Gasteiger partial charge in [0.25, 0.3) is 0 Å². The number of nitrogens with one attached hydrogen (secondary N) is 1. The third kappa shape index (κ3) is 1.83. The SMILES string of the molecule is Cc1ccc2cc(NCCl)ccc2c1. The third-order valence-electron chi connectivity index (χ3n) is 2.27. The van der Waals surface area contributed by atoms with Crippen LogP contribution in [0.4, 0.5) is 5.69 Å². The van der Waals surface area contributed by atoms with Crippen molar-refractivity contribution in [2.75, 3.05) is 11.3 Å². The summed E-state index contributed by atoms with van der Waals surface area (Å²) in [6, 6.07) is 13.1. The lowest BCUT2D eigenvalue weighted by Gasteiger charge is -2.04. The number of fused-ring (bicyclic) bond motifs is 1. The molecule has 0 unspecified atom stereocenters. The highest BCUT2D eigenvalue weighted by atomic mass is 35.5. The van der Waals surface area contributed by atoms with Gasteiger partial charge >= 0.3 is 0 Å². The molecule has 0 aliphatic carbocycles. The zero-order valence-corrected chi connectivity index (χ0v) is 8.81. The average Bonchev–Trinajstić information content (AvgIpc) is 2.19. The Bertz CT molecular complexity index is 451. The molecule has 2 aromatic rings. The van der Waals surface area contributed by atoms with Crippen molar-refractivity contribution >= 4 is 28.1 Å². The van der Waals surface area contributed by atoms with Crippen molar-refractivity contribution in [3.63, 3.8) is 0 Å². The van der Waals surface area contributed by atoms with E-state index in [1.165, 1.54) is 16.3 Å². The first-order valence-electron chi connectivity index (χ1n) is 4.60. The zero-order valence-electron chi connectivity index (χ0n) is 8.05. The topological polar surface area (TPSA) is 12.0 Å². The molecular formula is C12H12ClN. The summed E-state index contributed by atoms with van der Waals surface area (Å²) in [5.41, 5.74) is 2.35. The van der Waals surface area contributed by atoms with Crippen LogP contribution in [-0.4, -0.2) is 6.00 Å². The van der Waals surface area contributed by atoms with E-state index in [4.69, 9.17) is 11.6 Å². The van der Waals surface area contributed by atoms with Gasteiger partial charge in [-0.15, -0.1) is 11.6 Å². The fraction of sp³-hybridized carbons (Fsp3) is 0.167. The van der Waals surface area contributed by atoms with Crippen LogP contribution in [-0.2, 0) is 0 Å². The lowest BCUT2D eigenvalue weighted by atomic mass is 10.1. The predicted molar refractivity (Wildman–Crippen MR) is 63.0 cm³/mol. The second-order valence-corrected chi connectivity index (χ2v) is 3.64. The Morgan fingerprint density at radius 2 is 1.79 bits per heavy atom. The molecule has 0 aliphatic heterocycles. The second-order valence-electron chi connectivity index (χ2n) is 3.38. The van der Waals surface area contributed by atoms with E-state index < -0.39 is 0 Å². The highest BCUT2D eigenvalue weighted by Gasteiger charge is 1.95. The Hall–Kier alpha value is -1.21. The van der Waals surface area contributed by atoms with Crippen molar-refractivity contribution in [2.45, 2.75) is 6.92 Å². The Morgan fingerprint density at radius 1 is 1.07 bits per heavy atom. The van der Waals surface area contributed by atoms with E-state index in [0.29, 0.717) is 6.00 Å². The van der Waals surface area contributed by atoms with Crippen LogP contribution in [0.15, 0.2) is 36.4 Å². The van der Waals surface area contributed by atoms with E-state index in [2.05, 4.69) is 42.6 Å². The first-order chi connectivity index (χ1) is 6.79. The molecular weight excluding hydrogens is 194 g/mol. The van der Waals surface area contributed by atoms with Crippen molar-refractivity contribution in [1.29, 1.82) is 0 Å². The van der Waals surface area contributed by atoms with Crippen LogP contribution in [0.25, 0.3) is 10.8 Å². The minimum Gasteiger partial charge on any atom is -0.372 e. The zero-order chi connectivity index (χ0) is 9.97. The smallest absolute Gasteiger partial charge is 0.0901 e. The van der Waals surface area contributed by atoms with Gasteiger partial charge < -0.3 is 5.32 Å². The number of hydrogen-bond donors (Lipinski definition) is 1. The molecule has 0 saturated carbocycles. The normalized spacial score (nSPS) is 10.4. The van der Waals surface area contributed by atoms with Crippen molar-refractivity contribution in [3.8, 4) is 0 Å². The molecule has 0 bridgehead atoms. The van der Waals surface area contributed by atoms with Crippen LogP contribution in [0.2, 0.25) is 0 Å². The number of benzene rings is 2. The van der Waals surface area contributed by atoms with Gasteiger partial charge in [-0.2, -0.15) is 0 Å². The second kappa shape index (κ2) is 3.89. The monoisotopic (exact) mass is 205 g/mol. The maximum absolute atomic E-state index is 5.60. The largest absolute Gasteiger partial charge is 0.372 e. The number of alkyl halides is 1. The summed E-state index contributed by atoms with van der Waals surface area (Å²) < 4.78 is 0. The number of hydrogen-bond acceptors (Lipinski definition) is 1. The van der Waals surface area contributed by atoms with Gasteiger partial charge in [-0.05, 0) is 29.8 Å². The van der Waals surface area contributed by atoms with Gasteiger partial charge in [0.15, 0.2) is 0 Å². The quantitative estimate of drug-likeness (QED) is 0.582. The summed E-state index contributed by atoms with van der Waals surface area (Å²) >= 11 is 5.60. The molecule has 0 atom stereocenters. The molecule has 1 nitrogen and oxygen atoms in total. The molecule has 2 aromatic carbocycles. The van der Waals surface area contributed by atoms with Gasteiger partial charge in [-0.25, -0.2) is 0 Å². The Labute approximate surface area is 88.7 Å². The van der Waals surface area contributed by atoms with Gasteiger partial charge in [0, 0.05) is 5.69 Å². The van der Waals surface area contributed by atoms with Crippen LogP contribution in [0.3, 0.4) is 0 Å². The first-order valence-corrected chi connectivity index (χ1v) is 5.13. The molecule has 0 radical (unpaired) electrons. The van der Waals surface area contributed by atoms with Crippen LogP contribution in [0, 0.1) is 6.92 Å². The summed E-state index contributed by atoms with van der Waals surface area (Å²) in [5, 5.41) is 5.59. The predicted octanol–water partition coefficient (Wildman–Crippen LogP) is 3.76. The molecule has 0 saturated heterocycles. The fourth-order valence-electron chi connectivity index (χ4n) is 1.55.